The lowest BCUT2D eigenvalue weighted by atomic mass is 9.79. The lowest BCUT2D eigenvalue weighted by Gasteiger charge is -2.32. The van der Waals surface area contributed by atoms with Crippen molar-refractivity contribution in [1.29, 1.82) is 5.26 Å². The SMILES string of the molecule is COc1ccc(CNC2CCC(C)C(C)C2)cc1C#N. The quantitative estimate of drug-likeness (QED) is 0.912. The summed E-state index contributed by atoms with van der Waals surface area (Å²) >= 11 is 0. The minimum atomic E-state index is 0.605. The molecule has 1 aliphatic carbocycles. The average Bonchev–Trinajstić information content (AvgIpc) is 2.48. The molecule has 2 rings (SSSR count). The Labute approximate surface area is 121 Å². The Hall–Kier alpha value is -1.53. The van der Waals surface area contributed by atoms with Crippen molar-refractivity contribution in [3.63, 3.8) is 0 Å². The molecular formula is C17H24N2O. The Bertz CT molecular complexity index is 492. The van der Waals surface area contributed by atoms with Gasteiger partial charge in [0.15, 0.2) is 0 Å². The normalized spacial score (nSPS) is 26.0. The number of hydrogen-bond acceptors (Lipinski definition) is 3. The van der Waals surface area contributed by atoms with Crippen LogP contribution in [0.2, 0.25) is 0 Å². The summed E-state index contributed by atoms with van der Waals surface area (Å²) in [5.74, 6) is 2.29. The largest absolute Gasteiger partial charge is 0.495 e. The van der Waals surface area contributed by atoms with Crippen LogP contribution in [0.15, 0.2) is 18.2 Å². The predicted octanol–water partition coefficient (Wildman–Crippen LogP) is 3.48. The van der Waals surface area contributed by atoms with Crippen LogP contribution in [0.1, 0.15) is 44.2 Å². The van der Waals surface area contributed by atoms with Gasteiger partial charge in [0, 0.05) is 12.6 Å². The van der Waals surface area contributed by atoms with Crippen molar-refractivity contribution in [3.8, 4) is 11.8 Å². The second kappa shape index (κ2) is 6.76. The molecule has 3 nitrogen and oxygen atoms in total. The van der Waals surface area contributed by atoms with Crippen LogP contribution in [-0.4, -0.2) is 13.2 Å². The molecule has 0 amide bonds. The Balaban J connectivity index is 1.93. The zero-order valence-electron chi connectivity index (χ0n) is 12.6. The molecule has 1 aromatic rings. The fourth-order valence-electron chi connectivity index (χ4n) is 2.95. The van der Waals surface area contributed by atoms with Crippen LogP contribution < -0.4 is 10.1 Å². The maximum Gasteiger partial charge on any atom is 0.136 e. The molecule has 0 radical (unpaired) electrons. The van der Waals surface area contributed by atoms with E-state index in [1.165, 1.54) is 19.3 Å². The second-order valence-corrected chi connectivity index (χ2v) is 5.99. The number of nitriles is 1. The number of hydrogen-bond donors (Lipinski definition) is 1. The molecular weight excluding hydrogens is 248 g/mol. The number of methoxy groups -OCH3 is 1. The van der Waals surface area contributed by atoms with Gasteiger partial charge >= 0.3 is 0 Å². The molecule has 0 heterocycles. The molecule has 0 aromatic heterocycles. The van der Waals surface area contributed by atoms with E-state index in [1.54, 1.807) is 7.11 Å². The molecule has 108 valence electrons. The molecule has 0 bridgehead atoms. The first kappa shape index (κ1) is 14.9. The van der Waals surface area contributed by atoms with E-state index in [4.69, 9.17) is 10.00 Å². The van der Waals surface area contributed by atoms with Gasteiger partial charge in [0.25, 0.3) is 0 Å². The van der Waals surface area contributed by atoms with Crippen LogP contribution >= 0.6 is 0 Å². The van der Waals surface area contributed by atoms with Crippen molar-refractivity contribution in [2.45, 2.75) is 45.7 Å². The third-order valence-corrected chi connectivity index (χ3v) is 4.58. The number of rotatable bonds is 4. The molecule has 1 saturated carbocycles. The van der Waals surface area contributed by atoms with Gasteiger partial charge in [-0.3, -0.25) is 0 Å². The molecule has 1 fully saturated rings. The monoisotopic (exact) mass is 272 g/mol. The van der Waals surface area contributed by atoms with Crippen LogP contribution in [0.5, 0.6) is 5.75 Å². The Kier molecular flexibility index (Phi) is 5.03. The zero-order chi connectivity index (χ0) is 14.5. The summed E-state index contributed by atoms with van der Waals surface area (Å²) in [5.41, 5.74) is 1.76. The highest BCUT2D eigenvalue weighted by molar-refractivity contribution is 5.45. The molecule has 3 heteroatoms. The third-order valence-electron chi connectivity index (χ3n) is 4.58. The summed E-state index contributed by atoms with van der Waals surface area (Å²) in [5, 5.41) is 12.7. The van der Waals surface area contributed by atoms with E-state index in [0.717, 1.165) is 23.9 Å². The van der Waals surface area contributed by atoms with Gasteiger partial charge in [0.05, 0.1) is 12.7 Å². The smallest absolute Gasteiger partial charge is 0.136 e. The van der Waals surface area contributed by atoms with Gasteiger partial charge in [-0.15, -0.1) is 0 Å². The number of nitrogens with zero attached hydrogens (tertiary/aromatic N) is 1. The highest BCUT2D eigenvalue weighted by Crippen LogP contribution is 2.29. The predicted molar refractivity (Wildman–Crippen MR) is 80.5 cm³/mol. The lowest BCUT2D eigenvalue weighted by Crippen LogP contribution is -2.35. The first-order valence-electron chi connectivity index (χ1n) is 7.44. The van der Waals surface area contributed by atoms with E-state index in [9.17, 15) is 0 Å². The van der Waals surface area contributed by atoms with E-state index in [2.05, 4.69) is 25.2 Å². The van der Waals surface area contributed by atoms with Crippen molar-refractivity contribution in [2.24, 2.45) is 11.8 Å². The van der Waals surface area contributed by atoms with Gasteiger partial charge in [-0.1, -0.05) is 19.9 Å². The molecule has 0 spiro atoms. The summed E-state index contributed by atoms with van der Waals surface area (Å²) < 4.78 is 5.17. The molecule has 0 aliphatic heterocycles. The summed E-state index contributed by atoms with van der Waals surface area (Å²) in [7, 11) is 1.60. The van der Waals surface area contributed by atoms with Gasteiger partial charge in [0.1, 0.15) is 11.8 Å². The van der Waals surface area contributed by atoms with Gasteiger partial charge in [-0.25, -0.2) is 0 Å². The van der Waals surface area contributed by atoms with E-state index >= 15 is 0 Å². The standard InChI is InChI=1S/C17H24N2O/c1-12-4-6-16(8-13(12)2)19-11-14-5-7-17(20-3)15(9-14)10-18/h5,7,9,12-13,16,19H,4,6,8,11H2,1-3H3. The first-order valence-corrected chi connectivity index (χ1v) is 7.44. The summed E-state index contributed by atoms with van der Waals surface area (Å²) in [6.07, 6.45) is 3.82. The van der Waals surface area contributed by atoms with Crippen molar-refractivity contribution in [3.05, 3.63) is 29.3 Å². The molecule has 1 aliphatic rings. The Morgan fingerprint density at radius 2 is 2.10 bits per heavy atom. The minimum absolute atomic E-state index is 0.605. The maximum absolute atomic E-state index is 9.10. The van der Waals surface area contributed by atoms with E-state index in [-0.39, 0.29) is 0 Å². The van der Waals surface area contributed by atoms with Crippen LogP contribution in [0.25, 0.3) is 0 Å². The molecule has 3 atom stereocenters. The summed E-state index contributed by atoms with van der Waals surface area (Å²) in [6.45, 7) is 5.52. The Morgan fingerprint density at radius 1 is 1.30 bits per heavy atom. The fourth-order valence-corrected chi connectivity index (χ4v) is 2.95. The minimum Gasteiger partial charge on any atom is -0.495 e. The maximum atomic E-state index is 9.10. The highest BCUT2D eigenvalue weighted by Gasteiger charge is 2.23. The van der Waals surface area contributed by atoms with Crippen molar-refractivity contribution >= 4 is 0 Å². The average molecular weight is 272 g/mol. The van der Waals surface area contributed by atoms with Crippen LogP contribution in [0.4, 0.5) is 0 Å². The Morgan fingerprint density at radius 3 is 2.75 bits per heavy atom. The van der Waals surface area contributed by atoms with Crippen LogP contribution in [-0.2, 0) is 6.54 Å². The molecule has 3 unspecified atom stereocenters. The molecule has 20 heavy (non-hydrogen) atoms. The molecule has 1 N–H and O–H groups in total. The molecule has 0 saturated heterocycles. The lowest BCUT2D eigenvalue weighted by molar-refractivity contribution is 0.225. The van der Waals surface area contributed by atoms with E-state index in [1.807, 2.05) is 18.2 Å². The van der Waals surface area contributed by atoms with Gasteiger partial charge in [0.2, 0.25) is 0 Å². The number of ether oxygens (including phenoxy) is 1. The topological polar surface area (TPSA) is 45.0 Å². The van der Waals surface area contributed by atoms with Gasteiger partial charge in [-0.2, -0.15) is 5.26 Å². The zero-order valence-corrected chi connectivity index (χ0v) is 12.6. The van der Waals surface area contributed by atoms with E-state index in [0.29, 0.717) is 17.4 Å². The van der Waals surface area contributed by atoms with Crippen LogP contribution in [0, 0.1) is 23.2 Å². The summed E-state index contributed by atoms with van der Waals surface area (Å²) in [4.78, 5) is 0. The van der Waals surface area contributed by atoms with E-state index < -0.39 is 0 Å². The molecule has 1 aromatic carbocycles. The van der Waals surface area contributed by atoms with Gasteiger partial charge < -0.3 is 10.1 Å². The number of benzene rings is 1. The second-order valence-electron chi connectivity index (χ2n) is 5.99. The van der Waals surface area contributed by atoms with Crippen LogP contribution in [0.3, 0.4) is 0 Å². The number of nitrogens with one attached hydrogen (secondary N) is 1. The first-order chi connectivity index (χ1) is 9.63. The summed E-state index contributed by atoms with van der Waals surface area (Å²) in [6, 6.07) is 8.61. The highest BCUT2D eigenvalue weighted by atomic mass is 16.5. The van der Waals surface area contributed by atoms with Crippen molar-refractivity contribution in [2.75, 3.05) is 7.11 Å². The van der Waals surface area contributed by atoms with Gasteiger partial charge in [-0.05, 0) is 48.8 Å². The third kappa shape index (κ3) is 3.52. The fraction of sp³-hybridized carbons (Fsp3) is 0.588. The van der Waals surface area contributed by atoms with Crippen molar-refractivity contribution in [1.82, 2.24) is 5.32 Å². The van der Waals surface area contributed by atoms with Crippen molar-refractivity contribution < 1.29 is 4.74 Å².